The minimum atomic E-state index is 0.148. The summed E-state index contributed by atoms with van der Waals surface area (Å²) in [4.78, 5) is 4.43. The van der Waals surface area contributed by atoms with E-state index in [1.54, 1.807) is 11.3 Å². The molecule has 1 aliphatic rings. The van der Waals surface area contributed by atoms with E-state index in [0.717, 1.165) is 23.7 Å². The molecule has 0 radical (unpaired) electrons. The Balaban J connectivity index is 2.15. The van der Waals surface area contributed by atoms with Gasteiger partial charge in [-0.2, -0.15) is 0 Å². The molecule has 0 spiro atoms. The van der Waals surface area contributed by atoms with Crippen molar-refractivity contribution in [3.63, 3.8) is 0 Å². The minimum Gasteiger partial charge on any atom is -0.372 e. The van der Waals surface area contributed by atoms with Crippen LogP contribution in [0.4, 0.5) is 0 Å². The van der Waals surface area contributed by atoms with Crippen molar-refractivity contribution in [2.45, 2.75) is 19.4 Å². The van der Waals surface area contributed by atoms with Crippen LogP contribution in [0, 0.1) is 12.8 Å². The van der Waals surface area contributed by atoms with Gasteiger partial charge >= 0.3 is 0 Å². The Morgan fingerprint density at radius 3 is 3.23 bits per heavy atom. The van der Waals surface area contributed by atoms with Crippen molar-refractivity contribution in [1.29, 1.82) is 0 Å². The van der Waals surface area contributed by atoms with Crippen molar-refractivity contribution >= 4 is 11.3 Å². The predicted octanol–water partition coefficient (Wildman–Crippen LogP) is 1.49. The highest BCUT2D eigenvalue weighted by Gasteiger charge is 2.29. The van der Waals surface area contributed by atoms with Crippen molar-refractivity contribution in [2.75, 3.05) is 13.2 Å². The molecule has 13 heavy (non-hydrogen) atoms. The van der Waals surface area contributed by atoms with Crippen molar-refractivity contribution < 1.29 is 4.74 Å². The molecule has 2 N–H and O–H groups in total. The number of ether oxygens (including phenoxy) is 1. The summed E-state index contributed by atoms with van der Waals surface area (Å²) in [7, 11) is 0. The van der Waals surface area contributed by atoms with Gasteiger partial charge in [-0.15, -0.1) is 11.3 Å². The molecule has 2 heterocycles. The molecule has 4 heteroatoms. The summed E-state index contributed by atoms with van der Waals surface area (Å²) < 4.78 is 5.62. The average molecular weight is 198 g/mol. The van der Waals surface area contributed by atoms with Crippen LogP contribution in [0.25, 0.3) is 0 Å². The van der Waals surface area contributed by atoms with E-state index in [-0.39, 0.29) is 6.10 Å². The van der Waals surface area contributed by atoms with Gasteiger partial charge in [0.05, 0.1) is 10.7 Å². The summed E-state index contributed by atoms with van der Waals surface area (Å²) in [5, 5.41) is 3.18. The standard InChI is InChI=1S/C9H14N2OS/c1-6-11-8(5-13-6)9-7(4-10)2-3-12-9/h5,7,9H,2-4,10H2,1H3. The second kappa shape index (κ2) is 3.74. The molecule has 72 valence electrons. The zero-order valence-electron chi connectivity index (χ0n) is 7.69. The van der Waals surface area contributed by atoms with E-state index in [9.17, 15) is 0 Å². The summed E-state index contributed by atoms with van der Waals surface area (Å²) in [5.74, 6) is 0.460. The van der Waals surface area contributed by atoms with Crippen molar-refractivity contribution in [3.8, 4) is 0 Å². The molecule has 1 aromatic rings. The molecule has 2 unspecified atom stereocenters. The molecule has 0 aromatic carbocycles. The van der Waals surface area contributed by atoms with Gasteiger partial charge in [0.15, 0.2) is 0 Å². The molecule has 1 aromatic heterocycles. The maximum atomic E-state index is 5.66. The molecule has 3 nitrogen and oxygen atoms in total. The molecule has 0 saturated carbocycles. The normalized spacial score (nSPS) is 28.2. The van der Waals surface area contributed by atoms with E-state index in [4.69, 9.17) is 10.5 Å². The molecule has 2 rings (SSSR count). The van der Waals surface area contributed by atoms with E-state index >= 15 is 0 Å². The SMILES string of the molecule is Cc1nc(C2OCCC2CN)cs1. The van der Waals surface area contributed by atoms with Crippen LogP contribution in [-0.2, 0) is 4.74 Å². The number of nitrogens with two attached hydrogens (primary N) is 1. The highest BCUT2D eigenvalue weighted by Crippen LogP contribution is 2.33. The number of rotatable bonds is 2. The summed E-state index contributed by atoms with van der Waals surface area (Å²) in [6.45, 7) is 3.53. The zero-order valence-corrected chi connectivity index (χ0v) is 8.51. The van der Waals surface area contributed by atoms with Crippen LogP contribution >= 0.6 is 11.3 Å². The fourth-order valence-electron chi connectivity index (χ4n) is 1.71. The smallest absolute Gasteiger partial charge is 0.104 e. The number of aromatic nitrogens is 1. The topological polar surface area (TPSA) is 48.1 Å². The van der Waals surface area contributed by atoms with Crippen molar-refractivity contribution in [3.05, 3.63) is 16.1 Å². The van der Waals surface area contributed by atoms with Gasteiger partial charge in [-0.05, 0) is 19.9 Å². The third-order valence-electron chi connectivity index (χ3n) is 2.45. The van der Waals surface area contributed by atoms with Gasteiger partial charge in [0.1, 0.15) is 6.10 Å². The molecule has 2 atom stereocenters. The van der Waals surface area contributed by atoms with Crippen LogP contribution in [0.1, 0.15) is 23.2 Å². The Bertz CT molecular complexity index is 287. The van der Waals surface area contributed by atoms with Crippen LogP contribution in [0.15, 0.2) is 5.38 Å². The maximum Gasteiger partial charge on any atom is 0.104 e. The van der Waals surface area contributed by atoms with E-state index in [1.807, 2.05) is 6.92 Å². The monoisotopic (exact) mass is 198 g/mol. The van der Waals surface area contributed by atoms with Crippen molar-refractivity contribution in [1.82, 2.24) is 4.98 Å². The first-order valence-corrected chi connectivity index (χ1v) is 5.43. The van der Waals surface area contributed by atoms with Crippen LogP contribution < -0.4 is 5.73 Å². The quantitative estimate of drug-likeness (QED) is 0.783. The van der Waals surface area contributed by atoms with Gasteiger partial charge < -0.3 is 10.5 Å². The van der Waals surface area contributed by atoms with Crippen LogP contribution in [0.5, 0.6) is 0 Å². The first-order valence-electron chi connectivity index (χ1n) is 4.55. The fourth-order valence-corrected chi connectivity index (χ4v) is 2.35. The van der Waals surface area contributed by atoms with Crippen LogP contribution in [-0.4, -0.2) is 18.1 Å². The third-order valence-corrected chi connectivity index (χ3v) is 3.24. The first kappa shape index (κ1) is 9.12. The second-order valence-corrected chi connectivity index (χ2v) is 4.43. The van der Waals surface area contributed by atoms with E-state index in [0.29, 0.717) is 12.5 Å². The molecule has 0 bridgehead atoms. The maximum absolute atomic E-state index is 5.66. The molecule has 1 fully saturated rings. The second-order valence-electron chi connectivity index (χ2n) is 3.37. The van der Waals surface area contributed by atoms with Gasteiger partial charge in [-0.25, -0.2) is 4.98 Å². The van der Waals surface area contributed by atoms with Crippen LogP contribution in [0.3, 0.4) is 0 Å². The number of nitrogens with zero attached hydrogens (tertiary/aromatic N) is 1. The Morgan fingerprint density at radius 1 is 1.77 bits per heavy atom. The molecule has 0 aliphatic carbocycles. The summed E-state index contributed by atoms with van der Waals surface area (Å²) >= 11 is 1.67. The largest absolute Gasteiger partial charge is 0.372 e. The lowest BCUT2D eigenvalue weighted by molar-refractivity contribution is 0.0894. The predicted molar refractivity (Wildman–Crippen MR) is 52.7 cm³/mol. The van der Waals surface area contributed by atoms with Gasteiger partial charge in [0, 0.05) is 17.9 Å². The van der Waals surface area contributed by atoms with Gasteiger partial charge in [0.2, 0.25) is 0 Å². The lowest BCUT2D eigenvalue weighted by atomic mass is 10.0. The van der Waals surface area contributed by atoms with E-state index < -0.39 is 0 Å². The van der Waals surface area contributed by atoms with Crippen LogP contribution in [0.2, 0.25) is 0 Å². The molecule has 1 saturated heterocycles. The van der Waals surface area contributed by atoms with Crippen molar-refractivity contribution in [2.24, 2.45) is 11.7 Å². The summed E-state index contributed by atoms with van der Waals surface area (Å²) in [6.07, 6.45) is 1.22. The number of hydrogen-bond acceptors (Lipinski definition) is 4. The molecular formula is C9H14N2OS. The summed E-state index contributed by atoms with van der Waals surface area (Å²) in [6, 6.07) is 0. The molecule has 0 amide bonds. The highest BCUT2D eigenvalue weighted by molar-refractivity contribution is 7.09. The molecule has 1 aliphatic heterocycles. The van der Waals surface area contributed by atoms with Gasteiger partial charge in [-0.1, -0.05) is 0 Å². The average Bonchev–Trinajstić information content (AvgIpc) is 2.71. The Hall–Kier alpha value is -0.450. The highest BCUT2D eigenvalue weighted by atomic mass is 32.1. The zero-order chi connectivity index (χ0) is 9.26. The Morgan fingerprint density at radius 2 is 2.62 bits per heavy atom. The van der Waals surface area contributed by atoms with Gasteiger partial charge in [-0.3, -0.25) is 0 Å². The van der Waals surface area contributed by atoms with E-state index in [1.165, 1.54) is 0 Å². The Kier molecular flexibility index (Phi) is 2.62. The first-order chi connectivity index (χ1) is 6.31. The van der Waals surface area contributed by atoms with E-state index in [2.05, 4.69) is 10.4 Å². The van der Waals surface area contributed by atoms with Gasteiger partial charge in [0.25, 0.3) is 0 Å². The third kappa shape index (κ3) is 1.75. The summed E-state index contributed by atoms with van der Waals surface area (Å²) in [5.41, 5.74) is 6.73. The Labute approximate surface area is 81.9 Å². The number of thiazole rings is 1. The fraction of sp³-hybridized carbons (Fsp3) is 0.667. The number of hydrogen-bond donors (Lipinski definition) is 1. The lowest BCUT2D eigenvalue weighted by Crippen LogP contribution is -2.18. The number of aryl methyl sites for hydroxylation is 1. The minimum absolute atomic E-state index is 0.148. The molecular weight excluding hydrogens is 184 g/mol. The lowest BCUT2D eigenvalue weighted by Gasteiger charge is -2.13.